The van der Waals surface area contributed by atoms with E-state index in [2.05, 4.69) is 6.92 Å². The van der Waals surface area contributed by atoms with Crippen molar-refractivity contribution in [3.8, 4) is 11.5 Å². The predicted octanol–water partition coefficient (Wildman–Crippen LogP) is 1.30. The highest BCUT2D eigenvalue weighted by Gasteiger charge is 2.07. The van der Waals surface area contributed by atoms with E-state index in [1.807, 2.05) is 0 Å². The van der Waals surface area contributed by atoms with Crippen LogP contribution in [0.3, 0.4) is 0 Å². The van der Waals surface area contributed by atoms with Crippen LogP contribution in [0.15, 0.2) is 18.2 Å². The van der Waals surface area contributed by atoms with Crippen LogP contribution >= 0.6 is 0 Å². The molecule has 0 amide bonds. The molecule has 0 aliphatic carbocycles. The van der Waals surface area contributed by atoms with Crippen LogP contribution in [0, 0.1) is 6.92 Å². The largest absolute Gasteiger partial charge is 0.504 e. The summed E-state index contributed by atoms with van der Waals surface area (Å²) in [6.07, 6.45) is 0. The third-order valence-corrected chi connectivity index (χ3v) is 1.46. The number of aromatic hydroxyl groups is 1. The van der Waals surface area contributed by atoms with Gasteiger partial charge in [0.15, 0.2) is 11.5 Å². The SMILES string of the molecule is [CH2]COc1ccc(C(=O)O)cc1O. The van der Waals surface area contributed by atoms with Gasteiger partial charge in [-0.15, -0.1) is 0 Å². The average Bonchev–Trinajstić information content (AvgIpc) is 2.08. The summed E-state index contributed by atoms with van der Waals surface area (Å²) in [5.74, 6) is -1.04. The molecule has 1 aromatic carbocycles. The van der Waals surface area contributed by atoms with Gasteiger partial charge in [-0.2, -0.15) is 0 Å². The lowest BCUT2D eigenvalue weighted by atomic mass is 10.2. The van der Waals surface area contributed by atoms with Crippen molar-refractivity contribution in [1.82, 2.24) is 0 Å². The van der Waals surface area contributed by atoms with E-state index in [1.54, 1.807) is 0 Å². The molecule has 1 rings (SSSR count). The standard InChI is InChI=1S/C9H9O4/c1-2-13-8-4-3-6(9(11)12)5-7(8)10/h3-5,10H,1-2H2,(H,11,12). The fourth-order valence-electron chi connectivity index (χ4n) is 0.882. The molecule has 0 aliphatic rings. The summed E-state index contributed by atoms with van der Waals surface area (Å²) in [4.78, 5) is 10.5. The third-order valence-electron chi connectivity index (χ3n) is 1.46. The van der Waals surface area contributed by atoms with Gasteiger partial charge in [0.1, 0.15) is 0 Å². The molecule has 4 heteroatoms. The normalized spacial score (nSPS) is 9.62. The number of phenolic OH excluding ortho intramolecular Hbond substituents is 1. The van der Waals surface area contributed by atoms with Gasteiger partial charge in [0.25, 0.3) is 0 Å². The van der Waals surface area contributed by atoms with Crippen LogP contribution in [0.1, 0.15) is 10.4 Å². The van der Waals surface area contributed by atoms with E-state index < -0.39 is 5.97 Å². The number of aromatic carboxylic acids is 1. The van der Waals surface area contributed by atoms with Crippen molar-refractivity contribution < 1.29 is 19.7 Å². The van der Waals surface area contributed by atoms with Crippen LogP contribution < -0.4 is 4.74 Å². The lowest BCUT2D eigenvalue weighted by Gasteiger charge is -2.05. The molecule has 0 saturated carbocycles. The van der Waals surface area contributed by atoms with Crippen LogP contribution in [0.2, 0.25) is 0 Å². The summed E-state index contributed by atoms with van der Waals surface area (Å²) in [5.41, 5.74) is 0.0221. The van der Waals surface area contributed by atoms with Crippen LogP contribution in [0.4, 0.5) is 0 Å². The number of ether oxygens (including phenoxy) is 1. The second kappa shape index (κ2) is 3.80. The minimum absolute atomic E-state index is 0.0221. The number of phenols is 1. The maximum absolute atomic E-state index is 10.5. The zero-order chi connectivity index (χ0) is 9.84. The molecule has 0 spiro atoms. The van der Waals surface area contributed by atoms with Crippen LogP contribution in [0.5, 0.6) is 11.5 Å². The first-order chi connectivity index (χ1) is 6.15. The van der Waals surface area contributed by atoms with Crippen molar-refractivity contribution in [1.29, 1.82) is 0 Å². The van der Waals surface area contributed by atoms with Gasteiger partial charge in [-0.1, -0.05) is 0 Å². The summed E-state index contributed by atoms with van der Waals surface area (Å²) in [6.45, 7) is 3.61. The van der Waals surface area contributed by atoms with Gasteiger partial charge in [0.05, 0.1) is 12.2 Å². The van der Waals surface area contributed by atoms with Gasteiger partial charge in [0, 0.05) is 0 Å². The van der Waals surface area contributed by atoms with Crippen molar-refractivity contribution in [2.24, 2.45) is 0 Å². The lowest BCUT2D eigenvalue weighted by Crippen LogP contribution is -1.97. The van der Waals surface area contributed by atoms with Gasteiger partial charge in [0.2, 0.25) is 0 Å². The maximum Gasteiger partial charge on any atom is 0.335 e. The third kappa shape index (κ3) is 2.11. The van der Waals surface area contributed by atoms with Crippen molar-refractivity contribution in [3.63, 3.8) is 0 Å². The van der Waals surface area contributed by atoms with Gasteiger partial charge in [-0.25, -0.2) is 4.79 Å². The molecule has 0 aliphatic heterocycles. The van der Waals surface area contributed by atoms with Gasteiger partial charge in [-0.3, -0.25) is 0 Å². The molecular formula is C9H9O4. The minimum Gasteiger partial charge on any atom is -0.504 e. The average molecular weight is 181 g/mol. The molecule has 0 fully saturated rings. The zero-order valence-corrected chi connectivity index (χ0v) is 6.86. The molecule has 2 N–H and O–H groups in total. The van der Waals surface area contributed by atoms with E-state index in [0.29, 0.717) is 0 Å². The molecule has 0 atom stereocenters. The highest BCUT2D eigenvalue weighted by Crippen LogP contribution is 2.26. The molecule has 0 aromatic heterocycles. The number of carboxylic acids is 1. The molecule has 4 nitrogen and oxygen atoms in total. The highest BCUT2D eigenvalue weighted by atomic mass is 16.5. The van der Waals surface area contributed by atoms with Gasteiger partial charge in [-0.05, 0) is 25.1 Å². The zero-order valence-electron chi connectivity index (χ0n) is 6.86. The molecule has 13 heavy (non-hydrogen) atoms. The minimum atomic E-state index is -1.09. The summed E-state index contributed by atoms with van der Waals surface area (Å²) >= 11 is 0. The Kier molecular flexibility index (Phi) is 2.74. The summed E-state index contributed by atoms with van der Waals surface area (Å²) in [6, 6.07) is 3.88. The van der Waals surface area contributed by atoms with E-state index in [9.17, 15) is 9.90 Å². The topological polar surface area (TPSA) is 66.8 Å². The Balaban J connectivity index is 2.98. The highest BCUT2D eigenvalue weighted by molar-refractivity contribution is 5.88. The van der Waals surface area contributed by atoms with E-state index in [1.165, 1.54) is 12.1 Å². The predicted molar refractivity (Wildman–Crippen MR) is 45.9 cm³/mol. The molecule has 0 saturated heterocycles. The fraction of sp³-hybridized carbons (Fsp3) is 0.111. The van der Waals surface area contributed by atoms with Crippen molar-refractivity contribution in [3.05, 3.63) is 30.7 Å². The number of hydrogen-bond donors (Lipinski definition) is 2. The van der Waals surface area contributed by atoms with E-state index >= 15 is 0 Å². The number of carbonyl (C=O) groups is 1. The Morgan fingerprint density at radius 1 is 1.54 bits per heavy atom. The number of rotatable bonds is 3. The number of benzene rings is 1. The van der Waals surface area contributed by atoms with E-state index in [-0.39, 0.29) is 23.7 Å². The van der Waals surface area contributed by atoms with Gasteiger partial charge >= 0.3 is 5.97 Å². The summed E-state index contributed by atoms with van der Waals surface area (Å²) < 4.78 is 4.92. The van der Waals surface area contributed by atoms with Crippen molar-refractivity contribution in [2.75, 3.05) is 6.61 Å². The lowest BCUT2D eigenvalue weighted by molar-refractivity contribution is 0.0696. The quantitative estimate of drug-likeness (QED) is 0.737. The molecule has 0 heterocycles. The van der Waals surface area contributed by atoms with Crippen LogP contribution in [-0.2, 0) is 0 Å². The number of hydrogen-bond acceptors (Lipinski definition) is 3. The van der Waals surface area contributed by atoms with Crippen molar-refractivity contribution >= 4 is 5.97 Å². The van der Waals surface area contributed by atoms with Crippen molar-refractivity contribution in [2.45, 2.75) is 0 Å². The molecule has 0 unspecified atom stereocenters. The summed E-state index contributed by atoms with van der Waals surface area (Å²) in [7, 11) is 0. The molecule has 0 bridgehead atoms. The monoisotopic (exact) mass is 181 g/mol. The first kappa shape index (κ1) is 9.38. The fourth-order valence-corrected chi connectivity index (χ4v) is 0.882. The Labute approximate surface area is 75.4 Å². The smallest absolute Gasteiger partial charge is 0.335 e. The molecule has 1 aromatic rings. The second-order valence-electron chi connectivity index (χ2n) is 2.34. The first-order valence-corrected chi connectivity index (χ1v) is 3.63. The number of carboxylic acid groups (broad SMARTS) is 1. The Morgan fingerprint density at radius 2 is 2.23 bits per heavy atom. The molecular weight excluding hydrogens is 172 g/mol. The molecule has 69 valence electrons. The summed E-state index contributed by atoms with van der Waals surface area (Å²) in [5, 5.41) is 17.8. The Bertz CT molecular complexity index is 319. The Hall–Kier alpha value is -1.71. The van der Waals surface area contributed by atoms with E-state index in [4.69, 9.17) is 9.84 Å². The van der Waals surface area contributed by atoms with Crippen LogP contribution in [0.25, 0.3) is 0 Å². The Morgan fingerprint density at radius 3 is 2.69 bits per heavy atom. The second-order valence-corrected chi connectivity index (χ2v) is 2.34. The van der Waals surface area contributed by atoms with Gasteiger partial charge < -0.3 is 14.9 Å². The molecule has 1 radical (unpaired) electrons. The van der Waals surface area contributed by atoms with E-state index in [0.717, 1.165) is 6.07 Å². The van der Waals surface area contributed by atoms with Crippen LogP contribution in [-0.4, -0.2) is 22.8 Å². The first-order valence-electron chi connectivity index (χ1n) is 3.63. The maximum atomic E-state index is 10.5.